The van der Waals surface area contributed by atoms with Crippen LogP contribution >= 0.6 is 0 Å². The third-order valence-corrected chi connectivity index (χ3v) is 8.65. The lowest BCUT2D eigenvalue weighted by Crippen LogP contribution is -2.66. The molecule has 1 amide bonds. The van der Waals surface area contributed by atoms with E-state index >= 15 is 0 Å². The summed E-state index contributed by atoms with van der Waals surface area (Å²) in [4.78, 5) is 12.0. The van der Waals surface area contributed by atoms with Gasteiger partial charge in [-0.3, -0.25) is 0 Å². The minimum Gasteiger partial charge on any atom is -0.469 e. The zero-order valence-corrected chi connectivity index (χ0v) is 27.1. The summed E-state index contributed by atoms with van der Waals surface area (Å²) in [6.45, 7) is 12.9. The Labute approximate surface area is 256 Å². The molecule has 2 aliphatic heterocycles. The van der Waals surface area contributed by atoms with Crippen LogP contribution in [0.2, 0.25) is 0 Å². The van der Waals surface area contributed by atoms with Gasteiger partial charge >= 0.3 is 6.09 Å². The summed E-state index contributed by atoms with van der Waals surface area (Å²) in [5.74, 6) is 0.681. The summed E-state index contributed by atoms with van der Waals surface area (Å²) in [5, 5.41) is 49.7. The van der Waals surface area contributed by atoms with E-state index in [0.717, 1.165) is 18.6 Å². The molecule has 43 heavy (non-hydrogen) atoms. The summed E-state index contributed by atoms with van der Waals surface area (Å²) in [6.07, 6.45) is -1.68. The second kappa shape index (κ2) is 15.2. The van der Waals surface area contributed by atoms with Gasteiger partial charge in [-0.25, -0.2) is 4.79 Å². The monoisotopic (exact) mass is 616 g/mol. The molecule has 3 rings (SSSR count). The predicted molar refractivity (Wildman–Crippen MR) is 159 cm³/mol. The van der Waals surface area contributed by atoms with Crippen molar-refractivity contribution in [2.75, 3.05) is 20.2 Å². The number of rotatable bonds is 11. The summed E-state index contributed by atoms with van der Waals surface area (Å²) in [5.41, 5.74) is -1.96. The lowest BCUT2D eigenvalue weighted by Gasteiger charge is -2.49. The zero-order valence-electron chi connectivity index (χ0n) is 27.1. The van der Waals surface area contributed by atoms with E-state index in [4.69, 9.17) is 23.7 Å². The normalized spacial score (nSPS) is 39.4. The van der Waals surface area contributed by atoms with Gasteiger partial charge in [0.1, 0.15) is 23.4 Å². The van der Waals surface area contributed by atoms with Crippen LogP contribution in [0.3, 0.4) is 0 Å². The molecule has 6 N–H and O–H groups in total. The molecule has 250 valence electrons. The van der Waals surface area contributed by atoms with Gasteiger partial charge in [-0.05, 0) is 78.3 Å². The van der Waals surface area contributed by atoms with Crippen LogP contribution in [0, 0.1) is 17.8 Å². The Morgan fingerprint density at radius 1 is 1.14 bits per heavy atom. The molecule has 2 fully saturated rings. The molecule has 1 aliphatic carbocycles. The lowest BCUT2D eigenvalue weighted by atomic mass is 9.74. The molecule has 0 radical (unpaired) electrons. The topological polar surface area (TPSA) is 168 Å². The van der Waals surface area contributed by atoms with Crippen molar-refractivity contribution in [2.45, 2.75) is 141 Å². The third kappa shape index (κ3) is 9.74. The Balaban J connectivity index is 1.73. The molecule has 12 heteroatoms. The number of amides is 1. The van der Waals surface area contributed by atoms with E-state index < -0.39 is 66.4 Å². The zero-order chi connectivity index (χ0) is 32.1. The van der Waals surface area contributed by atoms with Gasteiger partial charge in [0.2, 0.25) is 6.29 Å². The van der Waals surface area contributed by atoms with Crippen LogP contribution in [-0.4, -0.2) is 107 Å². The first-order valence-electron chi connectivity index (χ1n) is 15.7. The molecule has 1 saturated heterocycles. The molecule has 2 heterocycles. The molecule has 0 aromatic carbocycles. The molecular formula is C31H56N2O10. The number of nitrogens with one attached hydrogen (secondary N) is 2. The van der Waals surface area contributed by atoms with Crippen molar-refractivity contribution in [2.24, 2.45) is 17.8 Å². The predicted octanol–water partition coefficient (Wildman–Crippen LogP) is 2.17. The SMILES string of the molecule is CCC1=CC[C@@H](C)[C@@H](O[C@H]2[C@H](O)[C@@H](O[C@H]3OC[C@](C)(O)[C@H](NC)[C@H]3O)[C@H](CCC(O)CNC(=O)OC(C)(C)C)C[C@@H]2C)O1. The van der Waals surface area contributed by atoms with E-state index in [-0.39, 0.29) is 30.9 Å². The van der Waals surface area contributed by atoms with Crippen LogP contribution in [0.15, 0.2) is 11.8 Å². The summed E-state index contributed by atoms with van der Waals surface area (Å²) in [7, 11) is 1.64. The van der Waals surface area contributed by atoms with Gasteiger partial charge in [0, 0.05) is 18.9 Å². The molecule has 0 aromatic heterocycles. The number of hydrogen-bond donors (Lipinski definition) is 6. The molecule has 0 aromatic rings. The van der Waals surface area contributed by atoms with E-state index in [1.807, 2.05) is 20.8 Å². The van der Waals surface area contributed by atoms with Gasteiger partial charge in [0.15, 0.2) is 6.29 Å². The molecule has 0 spiro atoms. The highest BCUT2D eigenvalue weighted by Gasteiger charge is 2.51. The van der Waals surface area contributed by atoms with E-state index in [2.05, 4.69) is 16.7 Å². The van der Waals surface area contributed by atoms with Gasteiger partial charge in [-0.2, -0.15) is 0 Å². The molecule has 1 unspecified atom stereocenters. The first-order chi connectivity index (χ1) is 20.1. The summed E-state index contributed by atoms with van der Waals surface area (Å²) in [6, 6.07) is -0.715. The maximum Gasteiger partial charge on any atom is 0.407 e. The van der Waals surface area contributed by atoms with Gasteiger partial charge in [0.25, 0.3) is 0 Å². The van der Waals surface area contributed by atoms with Crippen molar-refractivity contribution in [3.05, 3.63) is 11.8 Å². The lowest BCUT2D eigenvalue weighted by molar-refractivity contribution is -0.312. The van der Waals surface area contributed by atoms with Crippen LogP contribution in [-0.2, 0) is 23.7 Å². The van der Waals surface area contributed by atoms with Gasteiger partial charge in [-0.15, -0.1) is 0 Å². The van der Waals surface area contributed by atoms with E-state index in [1.165, 1.54) is 0 Å². The molecule has 1 saturated carbocycles. The standard InChI is InChI=1S/C31H56N2O10/c1-9-21-13-10-17(2)27(40-21)41-24-18(3)14-19(11-12-20(34)15-33-29(37)43-30(4,5)6)25(22(24)35)42-28-23(36)26(32-8)31(7,38)16-39-28/h13,17-20,22-28,32,34-36,38H,9-12,14-16H2,1-8H3,(H,33,37)/t17-,18+,19-,20?,22+,23-,24-,25+,26-,27-,28-,31+/m1/s1. The highest BCUT2D eigenvalue weighted by atomic mass is 16.7. The van der Waals surface area contributed by atoms with Crippen molar-refractivity contribution >= 4 is 6.09 Å². The van der Waals surface area contributed by atoms with E-state index in [1.54, 1.807) is 34.7 Å². The van der Waals surface area contributed by atoms with Crippen LogP contribution in [0.1, 0.15) is 80.6 Å². The number of carbonyl (C=O) groups is 1. The smallest absolute Gasteiger partial charge is 0.407 e. The Hall–Kier alpha value is -1.51. The number of carbonyl (C=O) groups excluding carboxylic acids is 1. The van der Waals surface area contributed by atoms with Crippen molar-refractivity contribution in [3.8, 4) is 0 Å². The Morgan fingerprint density at radius 2 is 1.81 bits per heavy atom. The fraction of sp³-hybridized carbons (Fsp3) is 0.903. The van der Waals surface area contributed by atoms with Crippen LogP contribution in [0.4, 0.5) is 4.79 Å². The first kappa shape index (κ1) is 36.0. The third-order valence-electron chi connectivity index (χ3n) is 8.65. The second-order valence-electron chi connectivity index (χ2n) is 13.8. The van der Waals surface area contributed by atoms with Crippen molar-refractivity contribution < 1.29 is 48.9 Å². The number of aliphatic hydroxyl groups excluding tert-OH is 3. The van der Waals surface area contributed by atoms with Crippen LogP contribution < -0.4 is 10.6 Å². The maximum atomic E-state index is 12.0. The molecule has 12 atom stereocenters. The number of aliphatic hydroxyl groups is 4. The van der Waals surface area contributed by atoms with Gasteiger partial charge in [0.05, 0.1) is 36.7 Å². The Kier molecular flexibility index (Phi) is 12.7. The molecule has 12 nitrogen and oxygen atoms in total. The molecular weight excluding hydrogens is 560 g/mol. The van der Waals surface area contributed by atoms with Crippen molar-refractivity contribution in [1.29, 1.82) is 0 Å². The number of ether oxygens (including phenoxy) is 5. The Morgan fingerprint density at radius 3 is 2.44 bits per heavy atom. The van der Waals surface area contributed by atoms with E-state index in [0.29, 0.717) is 19.3 Å². The highest BCUT2D eigenvalue weighted by molar-refractivity contribution is 5.67. The fourth-order valence-corrected chi connectivity index (χ4v) is 6.27. The molecule has 0 bridgehead atoms. The number of hydrogen-bond acceptors (Lipinski definition) is 11. The Bertz CT molecular complexity index is 925. The largest absolute Gasteiger partial charge is 0.469 e. The average Bonchev–Trinajstić information content (AvgIpc) is 2.91. The second-order valence-corrected chi connectivity index (χ2v) is 13.8. The minimum atomic E-state index is -1.32. The highest BCUT2D eigenvalue weighted by Crippen LogP contribution is 2.40. The molecule has 3 aliphatic rings. The van der Waals surface area contributed by atoms with Crippen LogP contribution in [0.5, 0.6) is 0 Å². The number of allylic oxidation sites excluding steroid dienone is 2. The van der Waals surface area contributed by atoms with Gasteiger partial charge < -0.3 is 54.7 Å². The van der Waals surface area contributed by atoms with E-state index in [9.17, 15) is 25.2 Å². The fourth-order valence-electron chi connectivity index (χ4n) is 6.27. The number of likely N-dealkylation sites (N-methyl/N-ethyl adjacent to an activating group) is 1. The van der Waals surface area contributed by atoms with Crippen molar-refractivity contribution in [1.82, 2.24) is 10.6 Å². The quantitative estimate of drug-likeness (QED) is 0.201. The van der Waals surface area contributed by atoms with Crippen LogP contribution in [0.25, 0.3) is 0 Å². The van der Waals surface area contributed by atoms with Gasteiger partial charge in [-0.1, -0.05) is 20.8 Å². The summed E-state index contributed by atoms with van der Waals surface area (Å²) >= 11 is 0. The van der Waals surface area contributed by atoms with Crippen molar-refractivity contribution in [3.63, 3.8) is 0 Å². The number of alkyl carbamates (subject to hydrolysis) is 1. The first-order valence-corrected chi connectivity index (χ1v) is 15.7. The minimum absolute atomic E-state index is 0.0184. The average molecular weight is 617 g/mol. The summed E-state index contributed by atoms with van der Waals surface area (Å²) < 4.78 is 29.9. The maximum absolute atomic E-state index is 12.0.